The maximum Gasteiger partial charge on any atom is 0.233 e. The van der Waals surface area contributed by atoms with Crippen molar-refractivity contribution in [3.05, 3.63) is 58.8 Å². The Morgan fingerprint density at radius 2 is 1.84 bits per heavy atom. The first-order valence-corrected chi connectivity index (χ1v) is 8.16. The van der Waals surface area contributed by atoms with Crippen LogP contribution in [0.4, 0.5) is 5.69 Å². The van der Waals surface area contributed by atoms with Gasteiger partial charge >= 0.3 is 0 Å². The molecule has 100 valence electrons. The van der Waals surface area contributed by atoms with E-state index in [0.29, 0.717) is 12.1 Å². The molecule has 0 saturated heterocycles. The van der Waals surface area contributed by atoms with Gasteiger partial charge in [0.1, 0.15) is 0 Å². The lowest BCUT2D eigenvalue weighted by atomic mass is 10.3. The number of nitrogens with one attached hydrogen (secondary N) is 1. The summed E-state index contributed by atoms with van der Waals surface area (Å²) < 4.78 is 27.2. The van der Waals surface area contributed by atoms with Gasteiger partial charge in [-0.1, -0.05) is 18.2 Å². The topological polar surface area (TPSA) is 59.1 Å². The van der Waals surface area contributed by atoms with Crippen LogP contribution in [-0.4, -0.2) is 19.2 Å². The van der Waals surface area contributed by atoms with E-state index in [1.54, 1.807) is 30.5 Å². The van der Waals surface area contributed by atoms with Crippen molar-refractivity contribution in [3.8, 4) is 0 Å². The molecule has 1 aromatic carbocycles. The molecule has 1 heterocycles. The lowest BCUT2D eigenvalue weighted by molar-refractivity contribution is 0.600. The first-order valence-electron chi connectivity index (χ1n) is 5.72. The lowest BCUT2D eigenvalue weighted by Crippen LogP contribution is -2.18. The molecule has 2 aromatic rings. The van der Waals surface area contributed by atoms with Crippen LogP contribution in [0, 0.1) is 0 Å². The quantitative estimate of drug-likeness (QED) is 0.910. The SMILES string of the molecule is O=S(=O)(CCc1ccccn1)Nc1ccccc1Br. The van der Waals surface area contributed by atoms with Crippen molar-refractivity contribution in [2.45, 2.75) is 6.42 Å². The second-order valence-corrected chi connectivity index (χ2v) is 6.67. The Bertz CT molecular complexity index is 645. The van der Waals surface area contributed by atoms with E-state index in [-0.39, 0.29) is 5.75 Å². The summed E-state index contributed by atoms with van der Waals surface area (Å²) in [5, 5.41) is 0. The molecule has 0 aliphatic heterocycles. The summed E-state index contributed by atoms with van der Waals surface area (Å²) in [6.45, 7) is 0. The van der Waals surface area contributed by atoms with E-state index in [4.69, 9.17) is 0 Å². The van der Waals surface area contributed by atoms with E-state index in [1.807, 2.05) is 18.2 Å². The fraction of sp³-hybridized carbons (Fsp3) is 0.154. The third kappa shape index (κ3) is 4.33. The molecule has 1 aromatic heterocycles. The zero-order valence-corrected chi connectivity index (χ0v) is 12.5. The fourth-order valence-electron chi connectivity index (χ4n) is 1.55. The van der Waals surface area contributed by atoms with Crippen LogP contribution in [0.15, 0.2) is 53.1 Å². The second kappa shape index (κ2) is 6.16. The number of nitrogens with zero attached hydrogens (tertiary/aromatic N) is 1. The van der Waals surface area contributed by atoms with Gasteiger partial charge in [-0.2, -0.15) is 0 Å². The smallest absolute Gasteiger partial charge is 0.233 e. The molecule has 0 saturated carbocycles. The molecule has 0 atom stereocenters. The molecule has 1 N–H and O–H groups in total. The maximum atomic E-state index is 12.0. The monoisotopic (exact) mass is 340 g/mol. The number of halogens is 1. The van der Waals surface area contributed by atoms with Crippen LogP contribution in [0.5, 0.6) is 0 Å². The molecule has 0 unspecified atom stereocenters. The van der Waals surface area contributed by atoms with Gasteiger partial charge in [-0.15, -0.1) is 0 Å². The molecule has 0 radical (unpaired) electrons. The van der Waals surface area contributed by atoms with E-state index in [9.17, 15) is 8.42 Å². The number of aromatic nitrogens is 1. The maximum absolute atomic E-state index is 12.0. The molecule has 0 spiro atoms. The number of hydrogen-bond donors (Lipinski definition) is 1. The average Bonchev–Trinajstić information content (AvgIpc) is 2.40. The van der Waals surface area contributed by atoms with Crippen LogP contribution in [0.2, 0.25) is 0 Å². The first-order chi connectivity index (χ1) is 9.07. The van der Waals surface area contributed by atoms with Crippen molar-refractivity contribution >= 4 is 31.6 Å². The molecule has 4 nitrogen and oxygen atoms in total. The summed E-state index contributed by atoms with van der Waals surface area (Å²) in [4.78, 5) is 4.10. The van der Waals surface area contributed by atoms with E-state index in [2.05, 4.69) is 25.6 Å². The number of aryl methyl sites for hydroxylation is 1. The standard InChI is InChI=1S/C13H13BrN2O2S/c14-12-6-1-2-7-13(12)16-19(17,18)10-8-11-5-3-4-9-15-11/h1-7,9,16H,8,10H2. The summed E-state index contributed by atoms with van der Waals surface area (Å²) in [5.41, 5.74) is 1.31. The molecular formula is C13H13BrN2O2S. The molecule has 19 heavy (non-hydrogen) atoms. The third-order valence-electron chi connectivity index (χ3n) is 2.49. The highest BCUT2D eigenvalue weighted by Crippen LogP contribution is 2.22. The predicted octanol–water partition coefficient (Wildman–Crippen LogP) is 2.83. The molecule has 6 heteroatoms. The largest absolute Gasteiger partial charge is 0.282 e. The van der Waals surface area contributed by atoms with Crippen molar-refractivity contribution in [2.24, 2.45) is 0 Å². The predicted molar refractivity (Wildman–Crippen MR) is 79.5 cm³/mol. The van der Waals surface area contributed by atoms with Crippen molar-refractivity contribution in [3.63, 3.8) is 0 Å². The molecule has 0 bridgehead atoms. The summed E-state index contributed by atoms with van der Waals surface area (Å²) in [6.07, 6.45) is 2.05. The van der Waals surface area contributed by atoms with Crippen LogP contribution >= 0.6 is 15.9 Å². The molecule has 0 aliphatic carbocycles. The summed E-state index contributed by atoms with van der Waals surface area (Å²) >= 11 is 3.31. The Morgan fingerprint density at radius 3 is 2.53 bits per heavy atom. The van der Waals surface area contributed by atoms with E-state index >= 15 is 0 Å². The normalized spacial score (nSPS) is 11.2. The molecule has 0 amide bonds. The number of pyridine rings is 1. The van der Waals surface area contributed by atoms with Gasteiger partial charge in [0.05, 0.1) is 11.4 Å². The third-order valence-corrected chi connectivity index (χ3v) is 4.46. The zero-order chi connectivity index (χ0) is 13.7. The Balaban J connectivity index is 2.02. The van der Waals surface area contributed by atoms with Gasteiger partial charge < -0.3 is 0 Å². The van der Waals surface area contributed by atoms with Crippen LogP contribution in [0.1, 0.15) is 5.69 Å². The van der Waals surface area contributed by atoms with E-state index < -0.39 is 10.0 Å². The Kier molecular flexibility index (Phi) is 4.55. The minimum absolute atomic E-state index is 0.00531. The summed E-state index contributed by atoms with van der Waals surface area (Å²) in [7, 11) is -3.38. The van der Waals surface area contributed by atoms with Gasteiger partial charge in [-0.05, 0) is 40.2 Å². The first kappa shape index (κ1) is 14.0. The van der Waals surface area contributed by atoms with Crippen molar-refractivity contribution in [1.29, 1.82) is 0 Å². The highest BCUT2D eigenvalue weighted by Gasteiger charge is 2.12. The van der Waals surface area contributed by atoms with Gasteiger partial charge in [0.2, 0.25) is 10.0 Å². The van der Waals surface area contributed by atoms with Crippen molar-refractivity contribution < 1.29 is 8.42 Å². The number of rotatable bonds is 5. The number of benzene rings is 1. The summed E-state index contributed by atoms with van der Waals surface area (Å²) in [6, 6.07) is 12.6. The van der Waals surface area contributed by atoms with Crippen molar-refractivity contribution in [1.82, 2.24) is 4.98 Å². The molecule has 0 fully saturated rings. The van der Waals surface area contributed by atoms with Crippen LogP contribution in [0.3, 0.4) is 0 Å². The zero-order valence-electron chi connectivity index (χ0n) is 10.1. The minimum atomic E-state index is -3.38. The lowest BCUT2D eigenvalue weighted by Gasteiger charge is -2.09. The summed E-state index contributed by atoms with van der Waals surface area (Å²) in [5.74, 6) is 0.00531. The highest BCUT2D eigenvalue weighted by molar-refractivity contribution is 9.10. The Labute approximate surface area is 121 Å². The fourth-order valence-corrected chi connectivity index (χ4v) is 3.16. The van der Waals surface area contributed by atoms with Crippen LogP contribution in [0.25, 0.3) is 0 Å². The van der Waals surface area contributed by atoms with Crippen molar-refractivity contribution in [2.75, 3.05) is 10.5 Å². The van der Waals surface area contributed by atoms with Crippen LogP contribution < -0.4 is 4.72 Å². The average molecular weight is 341 g/mol. The highest BCUT2D eigenvalue weighted by atomic mass is 79.9. The number of hydrogen-bond acceptors (Lipinski definition) is 3. The van der Waals surface area contributed by atoms with E-state index in [0.717, 1.165) is 10.2 Å². The second-order valence-electron chi connectivity index (χ2n) is 3.97. The molecule has 2 rings (SSSR count). The number of anilines is 1. The van der Waals surface area contributed by atoms with Gasteiger partial charge in [-0.3, -0.25) is 9.71 Å². The molecular weight excluding hydrogens is 328 g/mol. The van der Waals surface area contributed by atoms with Gasteiger partial charge in [0.15, 0.2) is 0 Å². The van der Waals surface area contributed by atoms with Crippen LogP contribution in [-0.2, 0) is 16.4 Å². The molecule has 0 aliphatic rings. The minimum Gasteiger partial charge on any atom is -0.282 e. The van der Waals surface area contributed by atoms with Gasteiger partial charge in [0.25, 0.3) is 0 Å². The van der Waals surface area contributed by atoms with E-state index in [1.165, 1.54) is 0 Å². The Hall–Kier alpha value is -1.40. The van der Waals surface area contributed by atoms with Gasteiger partial charge in [-0.25, -0.2) is 8.42 Å². The number of sulfonamides is 1. The number of para-hydroxylation sites is 1. The Morgan fingerprint density at radius 1 is 1.11 bits per heavy atom. The van der Waals surface area contributed by atoms with Gasteiger partial charge in [0, 0.05) is 22.8 Å².